The highest BCUT2D eigenvalue weighted by Gasteiger charge is 2.33. The highest BCUT2D eigenvalue weighted by Crippen LogP contribution is 2.18. The van der Waals surface area contributed by atoms with Crippen LogP contribution in [0.3, 0.4) is 0 Å². The fourth-order valence-electron chi connectivity index (χ4n) is 1.36. The van der Waals surface area contributed by atoms with E-state index in [0.29, 0.717) is 9.00 Å². The van der Waals surface area contributed by atoms with E-state index in [2.05, 4.69) is 39.3 Å². The van der Waals surface area contributed by atoms with E-state index >= 15 is 0 Å². The lowest BCUT2D eigenvalue weighted by Gasteiger charge is -2.14. The van der Waals surface area contributed by atoms with Gasteiger partial charge < -0.3 is 0 Å². The van der Waals surface area contributed by atoms with Crippen molar-refractivity contribution in [3.63, 3.8) is 0 Å². The zero-order valence-electron chi connectivity index (χ0n) is 10.2. The minimum absolute atomic E-state index is 0.573. The summed E-state index contributed by atoms with van der Waals surface area (Å²) in [5.41, 5.74) is 0. The summed E-state index contributed by atoms with van der Waals surface area (Å²) in [4.78, 5) is 0. The molecule has 1 heterocycles. The summed E-state index contributed by atoms with van der Waals surface area (Å²) >= 11 is 1.37. The minimum Gasteiger partial charge on any atom is -0.203 e. The maximum atomic E-state index is 13.7. The number of hydrogen-bond donors (Lipinski definition) is 0. The number of rotatable bonds is 2. The summed E-state index contributed by atoms with van der Waals surface area (Å²) in [5.74, 6) is -1.15. The zero-order valence-corrected chi connectivity index (χ0v) is 13.0. The standard InChI is InChI=1S/C10H18F2SSi2/c1-14(2,3)9-7(11)8(12)10(13-9)15(4,5)6/h1-6H3. The number of hydrogen-bond acceptors (Lipinski definition) is 1. The van der Waals surface area contributed by atoms with Crippen LogP contribution in [0.25, 0.3) is 0 Å². The van der Waals surface area contributed by atoms with E-state index in [-0.39, 0.29) is 0 Å². The van der Waals surface area contributed by atoms with Crippen LogP contribution in [0, 0.1) is 11.6 Å². The lowest BCUT2D eigenvalue weighted by Crippen LogP contribution is -2.39. The summed E-state index contributed by atoms with van der Waals surface area (Å²) < 4.78 is 28.8. The van der Waals surface area contributed by atoms with Crippen LogP contribution in [-0.2, 0) is 0 Å². The van der Waals surface area contributed by atoms with E-state index in [9.17, 15) is 8.78 Å². The Morgan fingerprint density at radius 3 is 1.13 bits per heavy atom. The van der Waals surface area contributed by atoms with E-state index in [1.807, 2.05) is 0 Å². The first kappa shape index (κ1) is 13.1. The van der Waals surface area contributed by atoms with Crippen molar-refractivity contribution in [2.24, 2.45) is 0 Å². The summed E-state index contributed by atoms with van der Waals surface area (Å²) in [6, 6.07) is 0. The van der Waals surface area contributed by atoms with Gasteiger partial charge in [-0.05, 0) is 0 Å². The van der Waals surface area contributed by atoms with Gasteiger partial charge in [0.2, 0.25) is 0 Å². The van der Waals surface area contributed by atoms with Crippen molar-refractivity contribution < 1.29 is 8.78 Å². The maximum absolute atomic E-state index is 13.7. The van der Waals surface area contributed by atoms with Gasteiger partial charge in [-0.1, -0.05) is 39.3 Å². The van der Waals surface area contributed by atoms with Gasteiger partial charge in [-0.25, -0.2) is 8.78 Å². The Morgan fingerprint density at radius 2 is 1.00 bits per heavy atom. The van der Waals surface area contributed by atoms with Gasteiger partial charge in [-0.2, -0.15) is 0 Å². The highest BCUT2D eigenvalue weighted by atomic mass is 32.1. The third-order valence-electron chi connectivity index (χ3n) is 2.16. The average molecular weight is 264 g/mol. The second kappa shape index (κ2) is 3.78. The molecule has 0 unspecified atom stereocenters. The molecular formula is C10H18F2SSi2. The fourth-order valence-corrected chi connectivity index (χ4v) is 6.82. The molecule has 0 aliphatic carbocycles. The van der Waals surface area contributed by atoms with Crippen molar-refractivity contribution in [1.82, 2.24) is 0 Å². The molecule has 0 saturated heterocycles. The molecule has 1 aromatic heterocycles. The third kappa shape index (κ3) is 2.57. The molecule has 1 rings (SSSR count). The Labute approximate surface area is 96.4 Å². The molecule has 0 amide bonds. The third-order valence-corrected chi connectivity index (χ3v) is 10.4. The lowest BCUT2D eigenvalue weighted by atomic mass is 10.6. The van der Waals surface area contributed by atoms with E-state index in [4.69, 9.17) is 0 Å². The summed E-state index contributed by atoms with van der Waals surface area (Å²) in [6.45, 7) is 12.3. The summed E-state index contributed by atoms with van der Waals surface area (Å²) in [5, 5.41) is 0. The van der Waals surface area contributed by atoms with Gasteiger partial charge in [-0.3, -0.25) is 0 Å². The molecule has 0 radical (unpaired) electrons. The maximum Gasteiger partial charge on any atom is 0.168 e. The van der Waals surface area contributed by atoms with Gasteiger partial charge in [-0.15, -0.1) is 11.3 Å². The van der Waals surface area contributed by atoms with Gasteiger partial charge in [0.25, 0.3) is 0 Å². The van der Waals surface area contributed by atoms with Crippen molar-refractivity contribution in [1.29, 1.82) is 0 Å². The minimum atomic E-state index is -1.74. The molecule has 0 aliphatic rings. The molecule has 5 heteroatoms. The van der Waals surface area contributed by atoms with Gasteiger partial charge in [0.05, 0.1) is 16.1 Å². The number of halogens is 2. The Balaban J connectivity index is 3.38. The molecule has 0 atom stereocenters. The second-order valence-electron chi connectivity index (χ2n) is 5.89. The molecule has 15 heavy (non-hydrogen) atoms. The molecule has 1 aromatic rings. The van der Waals surface area contributed by atoms with Crippen LogP contribution >= 0.6 is 11.3 Å². The fraction of sp³-hybridized carbons (Fsp3) is 0.600. The Morgan fingerprint density at radius 1 is 0.733 bits per heavy atom. The quantitative estimate of drug-likeness (QED) is 0.720. The summed E-state index contributed by atoms with van der Waals surface area (Å²) in [7, 11) is -3.48. The van der Waals surface area contributed by atoms with Crippen molar-refractivity contribution in [3.05, 3.63) is 11.6 Å². The van der Waals surface area contributed by atoms with E-state index in [1.54, 1.807) is 0 Å². The van der Waals surface area contributed by atoms with E-state index in [1.165, 1.54) is 11.3 Å². The van der Waals surface area contributed by atoms with E-state index < -0.39 is 27.8 Å². The lowest BCUT2D eigenvalue weighted by molar-refractivity contribution is 0.524. The Bertz CT molecular complexity index is 337. The molecule has 0 fully saturated rings. The van der Waals surface area contributed by atoms with Gasteiger partial charge in [0.1, 0.15) is 0 Å². The van der Waals surface area contributed by atoms with Crippen LogP contribution in [-0.4, -0.2) is 16.1 Å². The Kier molecular flexibility index (Phi) is 3.29. The largest absolute Gasteiger partial charge is 0.203 e. The molecule has 0 aromatic carbocycles. The van der Waals surface area contributed by atoms with Crippen LogP contribution in [0.2, 0.25) is 39.3 Å². The first-order chi connectivity index (χ1) is 6.55. The van der Waals surface area contributed by atoms with E-state index in [0.717, 1.165) is 0 Å². The first-order valence-electron chi connectivity index (χ1n) is 5.04. The van der Waals surface area contributed by atoms with Crippen molar-refractivity contribution in [2.75, 3.05) is 0 Å². The first-order valence-corrected chi connectivity index (χ1v) is 12.9. The highest BCUT2D eigenvalue weighted by molar-refractivity contribution is 7.35. The Hall–Kier alpha value is -0.00623. The summed E-state index contributed by atoms with van der Waals surface area (Å²) in [6.07, 6.45) is 0. The van der Waals surface area contributed by atoms with Gasteiger partial charge in [0, 0.05) is 9.00 Å². The molecule has 0 spiro atoms. The van der Waals surface area contributed by atoms with Crippen LogP contribution in [0.4, 0.5) is 8.78 Å². The van der Waals surface area contributed by atoms with Crippen molar-refractivity contribution in [3.8, 4) is 0 Å². The average Bonchev–Trinajstić information content (AvgIpc) is 2.26. The normalized spacial score (nSPS) is 13.3. The molecular weight excluding hydrogens is 246 g/mol. The topological polar surface area (TPSA) is 0 Å². The van der Waals surface area contributed by atoms with Crippen LogP contribution in [0.5, 0.6) is 0 Å². The molecule has 0 aliphatic heterocycles. The predicted molar refractivity (Wildman–Crippen MR) is 70.2 cm³/mol. The molecule has 0 N–H and O–H groups in total. The SMILES string of the molecule is C[Si](C)(C)c1sc([Si](C)(C)C)c(F)c1F. The molecule has 0 bridgehead atoms. The number of thiophene rings is 1. The molecule has 0 saturated carbocycles. The molecule has 86 valence electrons. The van der Waals surface area contributed by atoms with Crippen LogP contribution < -0.4 is 9.00 Å². The van der Waals surface area contributed by atoms with Gasteiger partial charge in [0.15, 0.2) is 11.6 Å². The zero-order chi connectivity index (χ0) is 12.0. The molecule has 0 nitrogen and oxygen atoms in total. The van der Waals surface area contributed by atoms with Crippen LogP contribution in [0.1, 0.15) is 0 Å². The van der Waals surface area contributed by atoms with Gasteiger partial charge >= 0.3 is 0 Å². The smallest absolute Gasteiger partial charge is 0.168 e. The van der Waals surface area contributed by atoms with Crippen molar-refractivity contribution in [2.45, 2.75) is 39.3 Å². The van der Waals surface area contributed by atoms with Crippen molar-refractivity contribution >= 4 is 36.5 Å². The monoisotopic (exact) mass is 264 g/mol. The predicted octanol–water partition coefficient (Wildman–Crippen LogP) is 3.12. The second-order valence-corrected chi connectivity index (χ2v) is 17.6. The van der Waals surface area contributed by atoms with Crippen LogP contribution in [0.15, 0.2) is 0 Å².